The lowest BCUT2D eigenvalue weighted by Gasteiger charge is -2.13. The lowest BCUT2D eigenvalue weighted by Crippen LogP contribution is -2.14. The summed E-state index contributed by atoms with van der Waals surface area (Å²) in [5.41, 5.74) is 1.42. The van der Waals surface area contributed by atoms with Crippen molar-refractivity contribution in [1.29, 1.82) is 0 Å². The summed E-state index contributed by atoms with van der Waals surface area (Å²) in [6, 6.07) is 6.65. The van der Waals surface area contributed by atoms with Crippen molar-refractivity contribution in [2.45, 2.75) is 30.3 Å². The van der Waals surface area contributed by atoms with E-state index in [9.17, 15) is 8.42 Å². The highest BCUT2D eigenvalue weighted by molar-refractivity contribution is 7.89. The number of hydrogen-bond donors (Lipinski definition) is 2. The quantitative estimate of drug-likeness (QED) is 0.876. The molecule has 22 heavy (non-hydrogen) atoms. The van der Waals surface area contributed by atoms with Crippen LogP contribution < -0.4 is 10.5 Å². The van der Waals surface area contributed by atoms with Crippen molar-refractivity contribution in [1.82, 2.24) is 4.98 Å². The Morgan fingerprint density at radius 1 is 1.36 bits per heavy atom. The molecule has 0 radical (unpaired) electrons. The Labute approximate surface area is 129 Å². The molecular formula is C15H19N3O3S. The van der Waals surface area contributed by atoms with Gasteiger partial charge in [0, 0.05) is 24.7 Å². The zero-order chi connectivity index (χ0) is 15.6. The summed E-state index contributed by atoms with van der Waals surface area (Å²) in [7, 11) is -3.77. The summed E-state index contributed by atoms with van der Waals surface area (Å²) < 4.78 is 28.9. The van der Waals surface area contributed by atoms with Crippen LogP contribution in [0.3, 0.4) is 0 Å². The number of nitrogens with two attached hydrogens (primary N) is 1. The third-order valence-electron chi connectivity index (χ3n) is 3.84. The van der Waals surface area contributed by atoms with E-state index in [4.69, 9.17) is 9.88 Å². The molecule has 1 unspecified atom stereocenters. The van der Waals surface area contributed by atoms with Crippen molar-refractivity contribution >= 4 is 26.6 Å². The van der Waals surface area contributed by atoms with Crippen molar-refractivity contribution < 1.29 is 13.2 Å². The van der Waals surface area contributed by atoms with Crippen LogP contribution in [0.4, 0.5) is 5.69 Å². The maximum absolute atomic E-state index is 11.7. The van der Waals surface area contributed by atoms with Gasteiger partial charge in [0.05, 0.1) is 22.2 Å². The molecule has 0 amide bonds. The Kier molecular flexibility index (Phi) is 4.28. The van der Waals surface area contributed by atoms with Gasteiger partial charge in [-0.05, 0) is 43.5 Å². The van der Waals surface area contributed by atoms with Gasteiger partial charge in [-0.15, -0.1) is 0 Å². The molecule has 1 aromatic heterocycles. The molecule has 3 N–H and O–H groups in total. The van der Waals surface area contributed by atoms with E-state index in [0.29, 0.717) is 17.0 Å². The van der Waals surface area contributed by atoms with Gasteiger partial charge in [0.15, 0.2) is 0 Å². The summed E-state index contributed by atoms with van der Waals surface area (Å²) >= 11 is 0. The van der Waals surface area contributed by atoms with Gasteiger partial charge in [0.2, 0.25) is 10.0 Å². The van der Waals surface area contributed by atoms with Gasteiger partial charge < -0.3 is 10.1 Å². The zero-order valence-electron chi connectivity index (χ0n) is 12.2. The van der Waals surface area contributed by atoms with Crippen molar-refractivity contribution in [3.8, 4) is 0 Å². The molecule has 7 heteroatoms. The monoisotopic (exact) mass is 321 g/mol. The smallest absolute Gasteiger partial charge is 0.238 e. The fraction of sp³-hybridized carbons (Fsp3) is 0.400. The molecule has 118 valence electrons. The number of pyridine rings is 1. The molecule has 1 fully saturated rings. The van der Waals surface area contributed by atoms with Crippen molar-refractivity contribution in [3.63, 3.8) is 0 Å². The van der Waals surface area contributed by atoms with Crippen LogP contribution in [0.2, 0.25) is 0 Å². The molecule has 3 rings (SSSR count). The molecule has 1 atom stereocenters. The molecule has 6 nitrogen and oxygen atoms in total. The Hall–Kier alpha value is -1.70. The van der Waals surface area contributed by atoms with Crippen molar-refractivity contribution in [2.75, 3.05) is 18.5 Å². The first-order valence-corrected chi connectivity index (χ1v) is 8.86. The van der Waals surface area contributed by atoms with Gasteiger partial charge >= 0.3 is 0 Å². The molecule has 0 bridgehead atoms. The second-order valence-electron chi connectivity index (χ2n) is 5.41. The van der Waals surface area contributed by atoms with Crippen molar-refractivity contribution in [2.24, 2.45) is 5.14 Å². The van der Waals surface area contributed by atoms with E-state index < -0.39 is 10.0 Å². The van der Waals surface area contributed by atoms with E-state index in [1.807, 2.05) is 0 Å². The molecule has 0 spiro atoms. The minimum atomic E-state index is -3.77. The van der Waals surface area contributed by atoms with Gasteiger partial charge in [-0.1, -0.05) is 0 Å². The normalized spacial score (nSPS) is 18.7. The second kappa shape index (κ2) is 6.20. The summed E-state index contributed by atoms with van der Waals surface area (Å²) in [6.45, 7) is 1.60. The standard InChI is InChI=1S/C15H19N3O3S/c16-22(19,20)14-6-5-13(15-12(14)4-1-8-18-15)17-9-7-11-3-2-10-21-11/h1,4-6,8,11,17H,2-3,7,9-10H2,(H2,16,19,20). The molecule has 1 aliphatic heterocycles. The fourth-order valence-electron chi connectivity index (χ4n) is 2.78. The van der Waals surface area contributed by atoms with Crippen LogP contribution in [-0.4, -0.2) is 32.7 Å². The van der Waals surface area contributed by atoms with E-state index in [-0.39, 0.29) is 4.90 Å². The number of benzene rings is 1. The maximum Gasteiger partial charge on any atom is 0.238 e. The first-order valence-electron chi connectivity index (χ1n) is 7.32. The highest BCUT2D eigenvalue weighted by Gasteiger charge is 2.17. The van der Waals surface area contributed by atoms with Crippen molar-refractivity contribution in [3.05, 3.63) is 30.5 Å². The molecule has 2 aromatic rings. The van der Waals surface area contributed by atoms with Crippen LogP contribution in [-0.2, 0) is 14.8 Å². The zero-order valence-corrected chi connectivity index (χ0v) is 13.0. The second-order valence-corrected chi connectivity index (χ2v) is 6.94. The highest BCUT2D eigenvalue weighted by atomic mass is 32.2. The molecule has 1 aliphatic rings. The van der Waals surface area contributed by atoms with E-state index in [1.54, 1.807) is 24.4 Å². The van der Waals surface area contributed by atoms with Gasteiger partial charge in [0.1, 0.15) is 0 Å². The number of hydrogen-bond acceptors (Lipinski definition) is 5. The van der Waals surface area contributed by atoms with Crippen LogP contribution in [0.1, 0.15) is 19.3 Å². The van der Waals surface area contributed by atoms with E-state index >= 15 is 0 Å². The minimum absolute atomic E-state index is 0.0975. The Balaban J connectivity index is 1.84. The predicted octanol–water partition coefficient (Wildman–Crippen LogP) is 1.86. The summed E-state index contributed by atoms with van der Waals surface area (Å²) in [5.74, 6) is 0. The van der Waals surface area contributed by atoms with Gasteiger partial charge in [-0.2, -0.15) is 0 Å². The third kappa shape index (κ3) is 3.21. The Morgan fingerprint density at radius 2 is 2.23 bits per heavy atom. The minimum Gasteiger partial charge on any atom is -0.383 e. The Morgan fingerprint density at radius 3 is 2.95 bits per heavy atom. The van der Waals surface area contributed by atoms with Crippen LogP contribution in [0.15, 0.2) is 35.4 Å². The van der Waals surface area contributed by atoms with E-state index in [2.05, 4.69) is 10.3 Å². The largest absolute Gasteiger partial charge is 0.383 e. The number of aromatic nitrogens is 1. The number of primary sulfonamides is 1. The molecule has 1 saturated heterocycles. The SMILES string of the molecule is NS(=O)(=O)c1ccc(NCCC2CCCO2)c2ncccc12. The first-order chi connectivity index (χ1) is 10.6. The fourth-order valence-corrected chi connectivity index (χ4v) is 3.51. The first kappa shape index (κ1) is 15.2. The van der Waals surface area contributed by atoms with Crippen LogP contribution in [0.25, 0.3) is 10.9 Å². The predicted molar refractivity (Wildman–Crippen MR) is 85.2 cm³/mol. The number of fused-ring (bicyclic) bond motifs is 1. The number of sulfonamides is 1. The molecule has 2 heterocycles. The average Bonchev–Trinajstić information content (AvgIpc) is 2.99. The number of anilines is 1. The molecule has 1 aromatic carbocycles. The number of ether oxygens (including phenoxy) is 1. The average molecular weight is 321 g/mol. The molecule has 0 saturated carbocycles. The van der Waals surface area contributed by atoms with E-state index in [0.717, 1.165) is 38.1 Å². The molecule has 0 aliphatic carbocycles. The maximum atomic E-state index is 11.7. The summed E-state index contributed by atoms with van der Waals surface area (Å²) in [4.78, 5) is 4.39. The summed E-state index contributed by atoms with van der Waals surface area (Å²) in [5, 5.41) is 9.11. The Bertz CT molecular complexity index is 771. The van der Waals surface area contributed by atoms with Gasteiger partial charge in [0.25, 0.3) is 0 Å². The number of rotatable bonds is 5. The number of nitrogens with zero attached hydrogens (tertiary/aromatic N) is 1. The molecular weight excluding hydrogens is 302 g/mol. The van der Waals surface area contributed by atoms with Crippen LogP contribution in [0, 0.1) is 0 Å². The topological polar surface area (TPSA) is 94.3 Å². The van der Waals surface area contributed by atoms with Gasteiger partial charge in [-0.3, -0.25) is 4.98 Å². The summed E-state index contributed by atoms with van der Waals surface area (Å²) in [6.07, 6.45) is 5.10. The van der Waals surface area contributed by atoms with Crippen LogP contribution >= 0.6 is 0 Å². The van der Waals surface area contributed by atoms with Gasteiger partial charge in [-0.25, -0.2) is 13.6 Å². The number of nitrogens with one attached hydrogen (secondary N) is 1. The third-order valence-corrected chi connectivity index (χ3v) is 4.81. The van der Waals surface area contributed by atoms with Crippen LogP contribution in [0.5, 0.6) is 0 Å². The van der Waals surface area contributed by atoms with E-state index in [1.165, 1.54) is 6.07 Å². The lowest BCUT2D eigenvalue weighted by molar-refractivity contribution is 0.107. The highest BCUT2D eigenvalue weighted by Crippen LogP contribution is 2.27. The lowest BCUT2D eigenvalue weighted by atomic mass is 10.1.